The Morgan fingerprint density at radius 1 is 1.12 bits per heavy atom. The third-order valence-corrected chi connectivity index (χ3v) is 7.20. The normalized spacial score (nSPS) is 11.9. The summed E-state index contributed by atoms with van der Waals surface area (Å²) in [4.78, 5) is 30.6. The molecule has 1 aromatic carbocycles. The first-order valence-electron chi connectivity index (χ1n) is 10.4. The molecule has 170 valence electrons. The Kier molecular flexibility index (Phi) is 7.68. The van der Waals surface area contributed by atoms with E-state index >= 15 is 0 Å². The molecule has 2 aromatic heterocycles. The van der Waals surface area contributed by atoms with E-state index in [1.807, 2.05) is 64.3 Å². The number of anilines is 2. The smallest absolute Gasteiger partial charge is 0.239 e. The van der Waals surface area contributed by atoms with Crippen molar-refractivity contribution in [1.29, 1.82) is 0 Å². The largest absolute Gasteiger partial charge is 0.326 e. The first-order valence-corrected chi connectivity index (χ1v) is 12.1. The number of nitrogens with zero attached hydrogens (tertiary/aromatic N) is 4. The molecule has 0 unspecified atom stereocenters. The predicted molar refractivity (Wildman–Crippen MR) is 129 cm³/mol. The number of carbonyl (C=O) groups is 2. The minimum atomic E-state index is -0.397. The van der Waals surface area contributed by atoms with E-state index in [1.165, 1.54) is 28.7 Å². The second-order valence-corrected chi connectivity index (χ2v) is 10.1. The zero-order chi connectivity index (χ0) is 23.4. The average molecular weight is 473 g/mol. The van der Waals surface area contributed by atoms with E-state index in [-0.39, 0.29) is 18.2 Å². The van der Waals surface area contributed by atoms with Crippen molar-refractivity contribution in [2.45, 2.75) is 64.9 Å². The SMILES string of the molecule is CCn1c(CC(=O)Nc2ccc(C)c(C)c2)nnc1S[C@H](C)C(=O)Nc1nc(C)c(C)s1. The van der Waals surface area contributed by atoms with Gasteiger partial charge in [-0.3, -0.25) is 9.59 Å². The first kappa shape index (κ1) is 23.9. The van der Waals surface area contributed by atoms with Crippen molar-refractivity contribution in [2.24, 2.45) is 0 Å². The molecular formula is C22H28N6O2S2. The van der Waals surface area contributed by atoms with Gasteiger partial charge in [-0.2, -0.15) is 0 Å². The molecule has 10 heteroatoms. The van der Waals surface area contributed by atoms with Gasteiger partial charge in [0, 0.05) is 17.1 Å². The van der Waals surface area contributed by atoms with Crippen LogP contribution in [0.5, 0.6) is 0 Å². The zero-order valence-corrected chi connectivity index (χ0v) is 20.8. The Balaban J connectivity index is 1.63. The molecule has 0 saturated heterocycles. The zero-order valence-electron chi connectivity index (χ0n) is 19.1. The van der Waals surface area contributed by atoms with E-state index in [1.54, 1.807) is 0 Å². The van der Waals surface area contributed by atoms with Gasteiger partial charge in [-0.05, 0) is 64.8 Å². The number of benzene rings is 1. The van der Waals surface area contributed by atoms with Gasteiger partial charge in [-0.1, -0.05) is 17.8 Å². The van der Waals surface area contributed by atoms with Crippen LogP contribution in [-0.2, 0) is 22.6 Å². The monoisotopic (exact) mass is 472 g/mol. The van der Waals surface area contributed by atoms with Crippen molar-refractivity contribution in [3.05, 3.63) is 45.7 Å². The Morgan fingerprint density at radius 2 is 1.88 bits per heavy atom. The van der Waals surface area contributed by atoms with Gasteiger partial charge in [0.05, 0.1) is 17.4 Å². The van der Waals surface area contributed by atoms with Gasteiger partial charge in [0.2, 0.25) is 11.8 Å². The van der Waals surface area contributed by atoms with Crippen LogP contribution >= 0.6 is 23.1 Å². The molecule has 8 nitrogen and oxygen atoms in total. The van der Waals surface area contributed by atoms with E-state index in [4.69, 9.17) is 0 Å². The van der Waals surface area contributed by atoms with Gasteiger partial charge >= 0.3 is 0 Å². The van der Waals surface area contributed by atoms with Crippen molar-refractivity contribution in [1.82, 2.24) is 19.7 Å². The van der Waals surface area contributed by atoms with Crippen molar-refractivity contribution < 1.29 is 9.59 Å². The van der Waals surface area contributed by atoms with E-state index in [2.05, 4.69) is 25.8 Å². The number of hydrogen-bond acceptors (Lipinski definition) is 7. The van der Waals surface area contributed by atoms with Gasteiger partial charge in [-0.15, -0.1) is 21.5 Å². The summed E-state index contributed by atoms with van der Waals surface area (Å²) < 4.78 is 1.87. The van der Waals surface area contributed by atoms with E-state index < -0.39 is 5.25 Å². The van der Waals surface area contributed by atoms with Crippen LogP contribution in [0.15, 0.2) is 23.4 Å². The highest BCUT2D eigenvalue weighted by Crippen LogP contribution is 2.26. The summed E-state index contributed by atoms with van der Waals surface area (Å²) >= 11 is 2.77. The predicted octanol–water partition coefficient (Wildman–Crippen LogP) is 4.29. The molecule has 2 amide bonds. The molecule has 2 N–H and O–H groups in total. The first-order chi connectivity index (χ1) is 15.2. The molecule has 1 atom stereocenters. The number of thiazole rings is 1. The summed E-state index contributed by atoms with van der Waals surface area (Å²) in [6.07, 6.45) is 0.104. The highest BCUT2D eigenvalue weighted by Gasteiger charge is 2.22. The van der Waals surface area contributed by atoms with Crippen LogP contribution in [0.25, 0.3) is 0 Å². The molecule has 3 aromatic rings. The van der Waals surface area contributed by atoms with Crippen LogP contribution in [0, 0.1) is 27.7 Å². The Morgan fingerprint density at radius 3 is 2.50 bits per heavy atom. The van der Waals surface area contributed by atoms with Gasteiger partial charge in [0.15, 0.2) is 10.3 Å². The summed E-state index contributed by atoms with van der Waals surface area (Å²) in [6, 6.07) is 5.82. The van der Waals surface area contributed by atoms with Crippen molar-refractivity contribution in [3.63, 3.8) is 0 Å². The summed E-state index contributed by atoms with van der Waals surface area (Å²) in [6.45, 7) is 12.3. The van der Waals surface area contributed by atoms with Crippen LogP contribution < -0.4 is 10.6 Å². The Hall–Kier alpha value is -2.72. The molecule has 0 spiro atoms. The molecule has 0 bridgehead atoms. The molecule has 2 heterocycles. The number of thioether (sulfide) groups is 1. The lowest BCUT2D eigenvalue weighted by molar-refractivity contribution is -0.116. The lowest BCUT2D eigenvalue weighted by atomic mass is 10.1. The van der Waals surface area contributed by atoms with Gasteiger partial charge in [0.25, 0.3) is 0 Å². The summed E-state index contributed by atoms with van der Waals surface area (Å²) in [5.41, 5.74) is 3.97. The molecule has 0 aliphatic rings. The fraction of sp³-hybridized carbons (Fsp3) is 0.409. The molecule has 0 saturated carbocycles. The maximum absolute atomic E-state index is 12.6. The number of aromatic nitrogens is 4. The van der Waals surface area contributed by atoms with E-state index in [0.717, 1.165) is 21.8 Å². The van der Waals surface area contributed by atoms with Crippen LogP contribution in [0.2, 0.25) is 0 Å². The number of aryl methyl sites for hydroxylation is 4. The summed E-state index contributed by atoms with van der Waals surface area (Å²) in [5, 5.41) is 15.0. The van der Waals surface area contributed by atoms with E-state index in [9.17, 15) is 9.59 Å². The van der Waals surface area contributed by atoms with Crippen LogP contribution in [0.4, 0.5) is 10.8 Å². The molecule has 0 aliphatic carbocycles. The number of carbonyl (C=O) groups excluding carboxylic acids is 2. The highest BCUT2D eigenvalue weighted by atomic mass is 32.2. The van der Waals surface area contributed by atoms with Gasteiger partial charge < -0.3 is 15.2 Å². The number of amides is 2. The Bertz CT molecular complexity index is 1120. The minimum absolute atomic E-state index is 0.104. The van der Waals surface area contributed by atoms with Crippen LogP contribution in [0.1, 0.15) is 41.4 Å². The Labute approximate surface area is 196 Å². The molecule has 0 aliphatic heterocycles. The average Bonchev–Trinajstić information content (AvgIpc) is 3.26. The quantitative estimate of drug-likeness (QED) is 0.474. The van der Waals surface area contributed by atoms with E-state index in [0.29, 0.717) is 22.7 Å². The van der Waals surface area contributed by atoms with Crippen molar-refractivity contribution in [3.8, 4) is 0 Å². The molecule has 0 radical (unpaired) electrons. The summed E-state index contributed by atoms with van der Waals surface area (Å²) in [5.74, 6) is 0.255. The number of nitrogens with one attached hydrogen (secondary N) is 2. The molecule has 0 fully saturated rings. The standard InChI is InChI=1S/C22H28N6O2S2/c1-7-28-18(11-19(29)24-17-9-8-12(2)13(3)10-17)26-27-22(28)32-16(6)20(30)25-21-23-14(4)15(5)31-21/h8-10,16H,7,11H2,1-6H3,(H,24,29)(H,23,25,30)/t16-/m1/s1. The highest BCUT2D eigenvalue weighted by molar-refractivity contribution is 8.00. The summed E-state index contributed by atoms with van der Waals surface area (Å²) in [7, 11) is 0. The van der Waals surface area contributed by atoms with Gasteiger partial charge in [0.1, 0.15) is 5.82 Å². The van der Waals surface area contributed by atoms with Crippen molar-refractivity contribution >= 4 is 45.7 Å². The van der Waals surface area contributed by atoms with Crippen molar-refractivity contribution in [2.75, 3.05) is 10.6 Å². The number of hydrogen-bond donors (Lipinski definition) is 2. The third kappa shape index (κ3) is 5.74. The maximum Gasteiger partial charge on any atom is 0.239 e. The molecular weight excluding hydrogens is 444 g/mol. The second-order valence-electron chi connectivity index (χ2n) is 7.58. The van der Waals surface area contributed by atoms with Crippen LogP contribution in [0.3, 0.4) is 0 Å². The minimum Gasteiger partial charge on any atom is -0.326 e. The third-order valence-electron chi connectivity index (χ3n) is 5.13. The fourth-order valence-corrected chi connectivity index (χ4v) is 4.72. The van der Waals surface area contributed by atoms with Crippen LogP contribution in [-0.4, -0.2) is 36.8 Å². The fourth-order valence-electron chi connectivity index (χ4n) is 2.97. The second kappa shape index (κ2) is 10.3. The lowest BCUT2D eigenvalue weighted by Gasteiger charge is -2.12. The van der Waals surface area contributed by atoms with Gasteiger partial charge in [-0.25, -0.2) is 4.98 Å². The molecule has 3 rings (SSSR count). The number of rotatable bonds is 8. The topological polar surface area (TPSA) is 102 Å². The maximum atomic E-state index is 12.6. The lowest BCUT2D eigenvalue weighted by Crippen LogP contribution is -2.23. The molecule has 32 heavy (non-hydrogen) atoms.